The van der Waals surface area contributed by atoms with Crippen LogP contribution < -0.4 is 0 Å². The first-order valence-electron chi connectivity index (χ1n) is 8.50. The molecule has 0 aromatic heterocycles. The van der Waals surface area contributed by atoms with Crippen molar-refractivity contribution in [2.75, 3.05) is 0 Å². The molecule has 0 unspecified atom stereocenters. The summed E-state index contributed by atoms with van der Waals surface area (Å²) in [4.78, 5) is 0. The van der Waals surface area contributed by atoms with Crippen molar-refractivity contribution in [1.82, 2.24) is 0 Å². The van der Waals surface area contributed by atoms with Crippen LogP contribution >= 0.6 is 0 Å². The molecule has 0 aliphatic carbocycles. The first-order chi connectivity index (χ1) is 10.4. The maximum absolute atomic E-state index is 2.42. The number of aryl methyl sites for hydroxylation is 3. The van der Waals surface area contributed by atoms with Crippen molar-refractivity contribution in [3.05, 3.63) is 70.8 Å². The van der Waals surface area contributed by atoms with Crippen LogP contribution in [0.1, 0.15) is 49.9 Å². The van der Waals surface area contributed by atoms with Gasteiger partial charge in [0.15, 0.2) is 0 Å². The molecule has 0 atom stereocenters. The summed E-state index contributed by atoms with van der Waals surface area (Å²) in [5.74, 6) is 0.695. The predicted molar refractivity (Wildman–Crippen MR) is 97.4 cm³/mol. The van der Waals surface area contributed by atoms with Crippen LogP contribution in [0, 0.1) is 18.3 Å². The lowest BCUT2D eigenvalue weighted by Gasteiger charge is -2.29. The van der Waals surface area contributed by atoms with Gasteiger partial charge in [-0.3, -0.25) is 0 Å². The third kappa shape index (κ3) is 4.73. The molecule has 0 aliphatic heterocycles. The standard InChI is InChI=1S/C22H30/c1-17(2)22(4,5)16-21-14-18(3)13-20(15-21)12-11-19-9-7-6-8-10-19/h6-10,13-15,17H,11-12,16H2,1-5H3. The van der Waals surface area contributed by atoms with Gasteiger partial charge in [0, 0.05) is 0 Å². The zero-order valence-electron chi connectivity index (χ0n) is 14.8. The Morgan fingerprint density at radius 3 is 2.05 bits per heavy atom. The van der Waals surface area contributed by atoms with E-state index in [4.69, 9.17) is 0 Å². The van der Waals surface area contributed by atoms with Gasteiger partial charge in [0.25, 0.3) is 0 Å². The minimum Gasteiger partial charge on any atom is -0.0623 e. The van der Waals surface area contributed by atoms with Gasteiger partial charge in [0.1, 0.15) is 0 Å². The fourth-order valence-corrected chi connectivity index (χ4v) is 2.86. The highest BCUT2D eigenvalue weighted by Crippen LogP contribution is 2.31. The van der Waals surface area contributed by atoms with Crippen LogP contribution in [0.4, 0.5) is 0 Å². The largest absolute Gasteiger partial charge is 0.0623 e. The zero-order valence-corrected chi connectivity index (χ0v) is 14.8. The quantitative estimate of drug-likeness (QED) is 0.612. The summed E-state index contributed by atoms with van der Waals surface area (Å²) in [5.41, 5.74) is 6.12. The Bertz CT molecular complexity index is 591. The van der Waals surface area contributed by atoms with Crippen LogP contribution in [0.2, 0.25) is 0 Å². The van der Waals surface area contributed by atoms with Crippen molar-refractivity contribution in [2.24, 2.45) is 11.3 Å². The van der Waals surface area contributed by atoms with Crippen molar-refractivity contribution in [3.8, 4) is 0 Å². The number of hydrogen-bond acceptors (Lipinski definition) is 0. The Hall–Kier alpha value is -1.56. The van der Waals surface area contributed by atoms with Gasteiger partial charge in [-0.1, -0.05) is 81.8 Å². The van der Waals surface area contributed by atoms with Gasteiger partial charge in [-0.05, 0) is 54.2 Å². The second kappa shape index (κ2) is 7.13. The molecule has 0 saturated heterocycles. The minimum absolute atomic E-state index is 0.352. The second-order valence-corrected chi connectivity index (χ2v) is 7.63. The van der Waals surface area contributed by atoms with E-state index in [0.29, 0.717) is 11.3 Å². The third-order valence-electron chi connectivity index (χ3n) is 4.96. The van der Waals surface area contributed by atoms with Gasteiger partial charge in [0.05, 0.1) is 0 Å². The van der Waals surface area contributed by atoms with Crippen molar-refractivity contribution < 1.29 is 0 Å². The van der Waals surface area contributed by atoms with Crippen LogP contribution in [0.15, 0.2) is 48.5 Å². The summed E-state index contributed by atoms with van der Waals surface area (Å²) in [5, 5.41) is 0. The summed E-state index contributed by atoms with van der Waals surface area (Å²) >= 11 is 0. The van der Waals surface area contributed by atoms with Crippen molar-refractivity contribution in [3.63, 3.8) is 0 Å². The van der Waals surface area contributed by atoms with Crippen molar-refractivity contribution in [2.45, 2.75) is 53.9 Å². The topological polar surface area (TPSA) is 0 Å². The van der Waals surface area contributed by atoms with E-state index in [1.165, 1.54) is 22.3 Å². The van der Waals surface area contributed by atoms with E-state index >= 15 is 0 Å². The minimum atomic E-state index is 0.352. The molecule has 0 fully saturated rings. The van der Waals surface area contributed by atoms with E-state index < -0.39 is 0 Å². The van der Waals surface area contributed by atoms with Crippen molar-refractivity contribution in [1.29, 1.82) is 0 Å². The van der Waals surface area contributed by atoms with E-state index in [9.17, 15) is 0 Å². The molecule has 0 radical (unpaired) electrons. The highest BCUT2D eigenvalue weighted by Gasteiger charge is 2.22. The Morgan fingerprint density at radius 2 is 1.41 bits per heavy atom. The maximum atomic E-state index is 2.42. The average Bonchev–Trinajstić information content (AvgIpc) is 2.45. The molecular weight excluding hydrogens is 264 g/mol. The second-order valence-electron chi connectivity index (χ2n) is 7.63. The molecule has 0 amide bonds. The smallest absolute Gasteiger partial charge is 0.0225 e. The van der Waals surface area contributed by atoms with Gasteiger partial charge in [-0.15, -0.1) is 0 Å². The summed E-state index contributed by atoms with van der Waals surface area (Å²) in [7, 11) is 0. The fourth-order valence-electron chi connectivity index (χ4n) is 2.86. The van der Waals surface area contributed by atoms with Crippen molar-refractivity contribution >= 4 is 0 Å². The molecule has 2 rings (SSSR count). The van der Waals surface area contributed by atoms with Crippen LogP contribution in [0.25, 0.3) is 0 Å². The first kappa shape index (κ1) is 16.8. The van der Waals surface area contributed by atoms with Crippen LogP contribution in [0.5, 0.6) is 0 Å². The van der Waals surface area contributed by atoms with E-state index in [2.05, 4.69) is 83.1 Å². The molecule has 0 saturated carbocycles. The Kier molecular flexibility index (Phi) is 5.45. The van der Waals surface area contributed by atoms with E-state index in [1.807, 2.05) is 0 Å². The van der Waals surface area contributed by atoms with Gasteiger partial charge in [0.2, 0.25) is 0 Å². The van der Waals surface area contributed by atoms with Gasteiger partial charge in [-0.25, -0.2) is 0 Å². The van der Waals surface area contributed by atoms with E-state index in [-0.39, 0.29) is 0 Å². The lowest BCUT2D eigenvalue weighted by molar-refractivity contribution is 0.248. The molecule has 2 aromatic carbocycles. The molecule has 0 N–H and O–H groups in total. The number of hydrogen-bond donors (Lipinski definition) is 0. The van der Waals surface area contributed by atoms with Gasteiger partial charge >= 0.3 is 0 Å². The lowest BCUT2D eigenvalue weighted by Crippen LogP contribution is -2.22. The first-order valence-corrected chi connectivity index (χ1v) is 8.50. The average molecular weight is 294 g/mol. The molecule has 22 heavy (non-hydrogen) atoms. The Balaban J connectivity index is 2.10. The molecule has 2 aromatic rings. The fraction of sp³-hybridized carbons (Fsp3) is 0.455. The molecule has 0 heteroatoms. The third-order valence-corrected chi connectivity index (χ3v) is 4.96. The monoisotopic (exact) mass is 294 g/mol. The van der Waals surface area contributed by atoms with Crippen LogP contribution in [-0.4, -0.2) is 0 Å². The molecule has 0 spiro atoms. The maximum Gasteiger partial charge on any atom is -0.0225 e. The van der Waals surface area contributed by atoms with E-state index in [1.54, 1.807) is 0 Å². The molecule has 0 bridgehead atoms. The molecule has 0 nitrogen and oxygen atoms in total. The molecule has 0 aliphatic rings. The van der Waals surface area contributed by atoms with Gasteiger partial charge < -0.3 is 0 Å². The summed E-state index contributed by atoms with van der Waals surface area (Å²) in [6.07, 6.45) is 3.41. The van der Waals surface area contributed by atoms with Crippen LogP contribution in [-0.2, 0) is 19.3 Å². The summed E-state index contributed by atoms with van der Waals surface area (Å²) < 4.78 is 0. The number of rotatable bonds is 6. The predicted octanol–water partition coefficient (Wildman–Crippen LogP) is 6.00. The highest BCUT2D eigenvalue weighted by atomic mass is 14.3. The SMILES string of the molecule is Cc1cc(CCc2ccccc2)cc(CC(C)(C)C(C)C)c1. The molecule has 118 valence electrons. The highest BCUT2D eigenvalue weighted by molar-refractivity contribution is 5.31. The summed E-state index contributed by atoms with van der Waals surface area (Å²) in [6, 6.07) is 17.9. The lowest BCUT2D eigenvalue weighted by atomic mass is 9.76. The molecule has 0 heterocycles. The van der Waals surface area contributed by atoms with Crippen LogP contribution in [0.3, 0.4) is 0 Å². The normalized spacial score (nSPS) is 11.9. The van der Waals surface area contributed by atoms with E-state index in [0.717, 1.165) is 19.3 Å². The Labute approximate surface area is 136 Å². The van der Waals surface area contributed by atoms with Gasteiger partial charge in [-0.2, -0.15) is 0 Å². The molecular formula is C22H30. The number of benzene rings is 2. The zero-order chi connectivity index (χ0) is 16.2. The summed E-state index contributed by atoms with van der Waals surface area (Å²) in [6.45, 7) is 11.6. The Morgan fingerprint density at radius 1 is 0.818 bits per heavy atom.